The predicted octanol–water partition coefficient (Wildman–Crippen LogP) is 4.72. The minimum atomic E-state index is -4.39. The number of fused-ring (bicyclic) bond motifs is 1. The van der Waals surface area contributed by atoms with Gasteiger partial charge in [0.1, 0.15) is 0 Å². The summed E-state index contributed by atoms with van der Waals surface area (Å²) in [5.74, 6) is -1.13. The Morgan fingerprint density at radius 3 is 2.52 bits per heavy atom. The highest BCUT2D eigenvalue weighted by molar-refractivity contribution is 6.04. The molecular formula is C24H24F3N3O3. The summed E-state index contributed by atoms with van der Waals surface area (Å²) in [6.45, 7) is 2.18. The number of carbonyl (C=O) groups excluding carboxylic acids is 1. The van der Waals surface area contributed by atoms with E-state index in [1.54, 1.807) is 23.0 Å². The number of pyridine rings is 1. The van der Waals surface area contributed by atoms with Crippen LogP contribution >= 0.6 is 0 Å². The highest BCUT2D eigenvalue weighted by Gasteiger charge is 2.35. The van der Waals surface area contributed by atoms with Crippen LogP contribution in [0.4, 0.5) is 13.2 Å². The van der Waals surface area contributed by atoms with Crippen LogP contribution in [0.5, 0.6) is 0 Å². The van der Waals surface area contributed by atoms with Gasteiger partial charge in [-0.2, -0.15) is 13.2 Å². The lowest BCUT2D eigenvalue weighted by molar-refractivity contribution is -0.146. The predicted molar refractivity (Wildman–Crippen MR) is 116 cm³/mol. The van der Waals surface area contributed by atoms with Crippen LogP contribution in [0.25, 0.3) is 10.9 Å². The topological polar surface area (TPSA) is 84.2 Å². The summed E-state index contributed by atoms with van der Waals surface area (Å²) in [5.41, 5.74) is 0.812. The van der Waals surface area contributed by atoms with Gasteiger partial charge in [-0.3, -0.25) is 9.59 Å². The Balaban J connectivity index is 1.48. The monoisotopic (exact) mass is 459 g/mol. The van der Waals surface area contributed by atoms with Crippen LogP contribution in [-0.2, 0) is 17.5 Å². The molecule has 9 heteroatoms. The molecule has 3 aromatic rings. The van der Waals surface area contributed by atoms with Crippen LogP contribution in [0.15, 0.2) is 48.8 Å². The van der Waals surface area contributed by atoms with E-state index in [-0.39, 0.29) is 29.5 Å². The first-order valence-corrected chi connectivity index (χ1v) is 10.8. The second kappa shape index (κ2) is 8.88. The molecule has 0 bridgehead atoms. The van der Waals surface area contributed by atoms with Gasteiger partial charge in [-0.1, -0.05) is 12.1 Å². The van der Waals surface area contributed by atoms with Gasteiger partial charge in [-0.15, -0.1) is 0 Å². The third-order valence-corrected chi connectivity index (χ3v) is 6.18. The van der Waals surface area contributed by atoms with E-state index in [0.29, 0.717) is 36.9 Å². The molecule has 174 valence electrons. The lowest BCUT2D eigenvalue weighted by atomic mass is 9.72. The molecule has 0 saturated heterocycles. The molecule has 1 saturated carbocycles. The van der Waals surface area contributed by atoms with Gasteiger partial charge >= 0.3 is 12.1 Å². The van der Waals surface area contributed by atoms with E-state index in [0.717, 1.165) is 17.5 Å². The minimum absolute atomic E-state index is 0.146. The second-order valence-electron chi connectivity index (χ2n) is 8.72. The number of hydrogen-bond acceptors (Lipinski definition) is 3. The molecule has 1 amide bonds. The molecular weight excluding hydrogens is 435 g/mol. The third-order valence-electron chi connectivity index (χ3n) is 6.18. The van der Waals surface area contributed by atoms with E-state index in [2.05, 4.69) is 10.3 Å². The number of carboxylic acids is 1. The Labute approximate surface area is 188 Å². The summed E-state index contributed by atoms with van der Waals surface area (Å²) in [4.78, 5) is 28.2. The first kappa shape index (κ1) is 22.8. The normalized spacial score (nSPS) is 19.2. The van der Waals surface area contributed by atoms with Gasteiger partial charge < -0.3 is 15.0 Å². The fraction of sp³-hybridized carbons (Fsp3) is 0.375. The van der Waals surface area contributed by atoms with Crippen molar-refractivity contribution in [3.63, 3.8) is 0 Å². The molecule has 1 aliphatic carbocycles. The number of benzene rings is 1. The van der Waals surface area contributed by atoms with Gasteiger partial charge in [0.05, 0.1) is 17.0 Å². The Bertz CT molecular complexity index is 1170. The largest absolute Gasteiger partial charge is 0.481 e. The number of nitrogens with zero attached hydrogens (tertiary/aromatic N) is 2. The number of hydrogen-bond donors (Lipinski definition) is 2. The summed E-state index contributed by atoms with van der Waals surface area (Å²) in [7, 11) is 0. The molecule has 2 aromatic heterocycles. The molecule has 1 aromatic carbocycles. The van der Waals surface area contributed by atoms with Crippen molar-refractivity contribution in [2.45, 2.75) is 44.9 Å². The molecule has 0 radical (unpaired) electrons. The summed E-state index contributed by atoms with van der Waals surface area (Å²) in [6, 6.07) is 8.41. The number of carboxylic acid groups (broad SMARTS) is 1. The van der Waals surface area contributed by atoms with Crippen molar-refractivity contribution in [3.8, 4) is 0 Å². The fourth-order valence-corrected chi connectivity index (χ4v) is 4.42. The minimum Gasteiger partial charge on any atom is -0.481 e. The second-order valence-corrected chi connectivity index (χ2v) is 8.72. The summed E-state index contributed by atoms with van der Waals surface area (Å²) < 4.78 is 40.3. The van der Waals surface area contributed by atoms with Crippen LogP contribution in [0.1, 0.15) is 47.8 Å². The molecule has 1 unspecified atom stereocenters. The van der Waals surface area contributed by atoms with Gasteiger partial charge in [-0.25, -0.2) is 4.98 Å². The number of amides is 1. The maximum absolute atomic E-state index is 13.0. The molecule has 33 heavy (non-hydrogen) atoms. The van der Waals surface area contributed by atoms with E-state index in [9.17, 15) is 22.8 Å². The molecule has 1 atom stereocenters. The zero-order valence-electron chi connectivity index (χ0n) is 18.0. The van der Waals surface area contributed by atoms with Gasteiger partial charge in [0.2, 0.25) is 0 Å². The van der Waals surface area contributed by atoms with E-state index in [4.69, 9.17) is 5.11 Å². The van der Waals surface area contributed by atoms with E-state index < -0.39 is 17.7 Å². The van der Waals surface area contributed by atoms with Crippen molar-refractivity contribution in [1.29, 1.82) is 0 Å². The van der Waals surface area contributed by atoms with Gasteiger partial charge in [-0.05, 0) is 61.9 Å². The summed E-state index contributed by atoms with van der Waals surface area (Å²) in [6.07, 6.45) is 0.883. The Hall–Kier alpha value is -3.36. The summed E-state index contributed by atoms with van der Waals surface area (Å²) >= 11 is 0. The highest BCUT2D eigenvalue weighted by Crippen LogP contribution is 2.37. The van der Waals surface area contributed by atoms with Crippen molar-refractivity contribution < 1.29 is 27.9 Å². The first-order chi connectivity index (χ1) is 15.6. The number of nitrogens with one attached hydrogen (secondary N) is 1. The zero-order chi connectivity index (χ0) is 23.8. The van der Waals surface area contributed by atoms with E-state index in [1.807, 2.05) is 13.0 Å². The van der Waals surface area contributed by atoms with E-state index in [1.165, 1.54) is 12.1 Å². The fourth-order valence-electron chi connectivity index (χ4n) is 4.42. The molecule has 6 nitrogen and oxygen atoms in total. The molecule has 1 fully saturated rings. The molecule has 2 N–H and O–H groups in total. The molecule has 4 rings (SSSR count). The van der Waals surface area contributed by atoms with Crippen LogP contribution in [-0.4, -0.2) is 32.6 Å². The molecule has 0 spiro atoms. The first-order valence-electron chi connectivity index (χ1n) is 10.8. The molecule has 1 aliphatic rings. The smallest absolute Gasteiger partial charge is 0.416 e. The average molecular weight is 459 g/mol. The maximum Gasteiger partial charge on any atom is 0.416 e. The number of halogens is 3. The number of aliphatic carboxylic acids is 1. The van der Waals surface area contributed by atoms with Crippen molar-refractivity contribution in [3.05, 3.63) is 65.6 Å². The van der Waals surface area contributed by atoms with Crippen LogP contribution < -0.4 is 5.32 Å². The van der Waals surface area contributed by atoms with Crippen molar-refractivity contribution >= 4 is 22.8 Å². The van der Waals surface area contributed by atoms with Crippen LogP contribution in [0.2, 0.25) is 0 Å². The van der Waals surface area contributed by atoms with E-state index >= 15 is 0 Å². The third kappa shape index (κ3) is 5.02. The number of carbonyl (C=O) groups is 2. The van der Waals surface area contributed by atoms with Gasteiger partial charge in [0.25, 0.3) is 5.91 Å². The standard InChI is InChI=1S/C24H24F3N3O3/c1-14(10-16-11-18(12-16)23(32)33)29-22(31)20-21-17(6-8-28-20)7-9-30(21)13-15-2-4-19(5-3-15)24(25,26)27/h2-9,14,16,18H,10-13H2,1H3,(H,29,31)(H,32,33). The van der Waals surface area contributed by atoms with Gasteiger partial charge in [0, 0.05) is 30.4 Å². The highest BCUT2D eigenvalue weighted by atomic mass is 19.4. The van der Waals surface area contributed by atoms with Crippen LogP contribution in [0.3, 0.4) is 0 Å². The number of rotatable bonds is 7. The lowest BCUT2D eigenvalue weighted by Gasteiger charge is -2.34. The number of alkyl halides is 3. The molecule has 0 aliphatic heterocycles. The van der Waals surface area contributed by atoms with Crippen molar-refractivity contribution in [2.75, 3.05) is 0 Å². The zero-order valence-corrected chi connectivity index (χ0v) is 18.0. The van der Waals surface area contributed by atoms with Crippen molar-refractivity contribution in [1.82, 2.24) is 14.9 Å². The number of aromatic nitrogens is 2. The average Bonchev–Trinajstić information content (AvgIpc) is 3.12. The SMILES string of the molecule is CC(CC1CC(C(=O)O)C1)NC(=O)c1nccc2ccn(Cc3ccc(C(F)(F)F)cc3)c12. The Kier molecular flexibility index (Phi) is 6.14. The van der Waals surface area contributed by atoms with Gasteiger partial charge in [0.15, 0.2) is 5.69 Å². The van der Waals surface area contributed by atoms with Crippen LogP contribution in [0, 0.1) is 11.8 Å². The quantitative estimate of drug-likeness (QED) is 0.535. The summed E-state index contributed by atoms with van der Waals surface area (Å²) in [5, 5.41) is 12.8. The maximum atomic E-state index is 13.0. The van der Waals surface area contributed by atoms with Crippen molar-refractivity contribution in [2.24, 2.45) is 11.8 Å². The molecule has 2 heterocycles. The lowest BCUT2D eigenvalue weighted by Crippen LogP contribution is -2.38. The Morgan fingerprint density at radius 1 is 1.18 bits per heavy atom. The Morgan fingerprint density at radius 2 is 1.88 bits per heavy atom.